The Morgan fingerprint density at radius 2 is 2.06 bits per heavy atom. The number of aliphatic hydroxyl groups excluding tert-OH is 1. The fourth-order valence-electron chi connectivity index (χ4n) is 1.75. The number of carbonyl (C=O) groups excluding carboxylic acids is 1. The van der Waals surface area contributed by atoms with Crippen molar-refractivity contribution >= 4 is 5.91 Å². The van der Waals surface area contributed by atoms with Crippen LogP contribution < -0.4 is 4.74 Å². The van der Waals surface area contributed by atoms with Crippen LogP contribution in [0.2, 0.25) is 0 Å². The maximum atomic E-state index is 11.8. The van der Waals surface area contributed by atoms with Gasteiger partial charge < -0.3 is 14.7 Å². The Morgan fingerprint density at radius 1 is 1.33 bits per heavy atom. The summed E-state index contributed by atoms with van der Waals surface area (Å²) in [6.07, 6.45) is 0.874. The highest BCUT2D eigenvalue weighted by Crippen LogP contribution is 2.18. The monoisotopic (exact) mass is 251 g/mol. The van der Waals surface area contributed by atoms with Crippen molar-refractivity contribution in [3.63, 3.8) is 0 Å². The van der Waals surface area contributed by atoms with E-state index in [1.807, 2.05) is 38.1 Å². The largest absolute Gasteiger partial charge is 0.483 e. The molecule has 0 bridgehead atoms. The standard InChI is InChI=1S/C14H21NO3/c1-3-12-7-5-6-8-13(12)18-11-14(17)15(4-2)9-10-16/h5-8,16H,3-4,9-11H2,1-2H3. The van der Waals surface area contributed by atoms with E-state index >= 15 is 0 Å². The number of amides is 1. The quantitative estimate of drug-likeness (QED) is 0.798. The first-order valence-electron chi connectivity index (χ1n) is 6.32. The van der Waals surface area contributed by atoms with Gasteiger partial charge in [-0.15, -0.1) is 0 Å². The van der Waals surface area contributed by atoms with Crippen molar-refractivity contribution in [1.29, 1.82) is 0 Å². The lowest BCUT2D eigenvalue weighted by Crippen LogP contribution is -2.36. The molecular weight excluding hydrogens is 230 g/mol. The summed E-state index contributed by atoms with van der Waals surface area (Å²) in [5, 5.41) is 8.85. The van der Waals surface area contributed by atoms with Crippen LogP contribution in [0.4, 0.5) is 0 Å². The van der Waals surface area contributed by atoms with Crippen LogP contribution in [-0.2, 0) is 11.2 Å². The third-order valence-corrected chi connectivity index (χ3v) is 2.81. The zero-order valence-corrected chi connectivity index (χ0v) is 11.1. The summed E-state index contributed by atoms with van der Waals surface area (Å²) >= 11 is 0. The fraction of sp³-hybridized carbons (Fsp3) is 0.500. The third-order valence-electron chi connectivity index (χ3n) is 2.81. The number of hydrogen-bond acceptors (Lipinski definition) is 3. The SMILES string of the molecule is CCc1ccccc1OCC(=O)N(CC)CCO. The van der Waals surface area contributed by atoms with Gasteiger partial charge in [-0.1, -0.05) is 25.1 Å². The maximum Gasteiger partial charge on any atom is 0.260 e. The van der Waals surface area contributed by atoms with Gasteiger partial charge in [0.15, 0.2) is 6.61 Å². The Balaban J connectivity index is 2.56. The van der Waals surface area contributed by atoms with Crippen molar-refractivity contribution in [2.75, 3.05) is 26.3 Å². The Bertz CT molecular complexity index is 379. The van der Waals surface area contributed by atoms with Crippen molar-refractivity contribution in [1.82, 2.24) is 4.90 Å². The molecule has 1 rings (SSSR count). The van der Waals surface area contributed by atoms with Crippen LogP contribution in [0.5, 0.6) is 5.75 Å². The van der Waals surface area contributed by atoms with E-state index in [9.17, 15) is 4.79 Å². The molecule has 1 N–H and O–H groups in total. The lowest BCUT2D eigenvalue weighted by atomic mass is 10.1. The molecule has 0 aromatic heterocycles. The number of aryl methyl sites for hydroxylation is 1. The molecule has 1 aromatic carbocycles. The molecule has 0 saturated heterocycles. The second kappa shape index (κ2) is 7.71. The summed E-state index contributed by atoms with van der Waals surface area (Å²) in [5.74, 6) is 0.658. The number of hydrogen-bond donors (Lipinski definition) is 1. The van der Waals surface area contributed by atoms with Gasteiger partial charge >= 0.3 is 0 Å². The van der Waals surface area contributed by atoms with Crippen molar-refractivity contribution in [2.24, 2.45) is 0 Å². The summed E-state index contributed by atoms with van der Waals surface area (Å²) < 4.78 is 5.55. The van der Waals surface area contributed by atoms with Crippen LogP contribution in [0, 0.1) is 0 Å². The van der Waals surface area contributed by atoms with E-state index in [1.165, 1.54) is 0 Å². The van der Waals surface area contributed by atoms with E-state index in [4.69, 9.17) is 9.84 Å². The van der Waals surface area contributed by atoms with Gasteiger partial charge in [0, 0.05) is 13.1 Å². The predicted octanol–water partition coefficient (Wildman–Crippen LogP) is 1.47. The van der Waals surface area contributed by atoms with Crippen LogP contribution in [0.25, 0.3) is 0 Å². The van der Waals surface area contributed by atoms with Crippen molar-refractivity contribution in [3.8, 4) is 5.75 Å². The highest BCUT2D eigenvalue weighted by Gasteiger charge is 2.12. The molecule has 0 aliphatic heterocycles. The molecule has 18 heavy (non-hydrogen) atoms. The van der Waals surface area contributed by atoms with Gasteiger partial charge in [-0.25, -0.2) is 0 Å². The molecule has 0 heterocycles. The number of carbonyl (C=O) groups is 1. The Morgan fingerprint density at radius 3 is 2.67 bits per heavy atom. The van der Waals surface area contributed by atoms with Crippen LogP contribution in [0.1, 0.15) is 19.4 Å². The molecule has 100 valence electrons. The first kappa shape index (κ1) is 14.5. The summed E-state index contributed by atoms with van der Waals surface area (Å²) in [7, 11) is 0. The van der Waals surface area contributed by atoms with Crippen molar-refractivity contribution in [2.45, 2.75) is 20.3 Å². The molecule has 0 spiro atoms. The average Bonchev–Trinajstić information content (AvgIpc) is 2.42. The minimum Gasteiger partial charge on any atom is -0.483 e. The number of likely N-dealkylation sites (N-methyl/N-ethyl adjacent to an activating group) is 1. The first-order chi connectivity index (χ1) is 8.72. The average molecular weight is 251 g/mol. The van der Waals surface area contributed by atoms with E-state index in [0.717, 1.165) is 17.7 Å². The minimum atomic E-state index is -0.0996. The van der Waals surface area contributed by atoms with Crippen LogP contribution >= 0.6 is 0 Å². The third kappa shape index (κ3) is 4.04. The summed E-state index contributed by atoms with van der Waals surface area (Å²) in [6, 6.07) is 7.71. The number of aliphatic hydroxyl groups is 1. The molecule has 0 atom stereocenters. The molecule has 0 radical (unpaired) electrons. The van der Waals surface area contributed by atoms with E-state index in [0.29, 0.717) is 13.1 Å². The molecular formula is C14H21NO3. The number of benzene rings is 1. The van der Waals surface area contributed by atoms with Gasteiger partial charge in [-0.3, -0.25) is 4.79 Å². The van der Waals surface area contributed by atoms with Gasteiger partial charge in [0.2, 0.25) is 0 Å². The maximum absolute atomic E-state index is 11.8. The molecule has 1 amide bonds. The normalized spacial score (nSPS) is 10.2. The lowest BCUT2D eigenvalue weighted by Gasteiger charge is -2.20. The summed E-state index contributed by atoms with van der Waals surface area (Å²) in [5.41, 5.74) is 1.09. The molecule has 0 aliphatic rings. The number of ether oxygens (including phenoxy) is 1. The Labute approximate surface area is 108 Å². The lowest BCUT2D eigenvalue weighted by molar-refractivity contribution is -0.133. The van der Waals surface area contributed by atoms with E-state index < -0.39 is 0 Å². The van der Waals surface area contributed by atoms with Gasteiger partial charge in [0.05, 0.1) is 6.61 Å². The molecule has 0 unspecified atom stereocenters. The second-order valence-corrected chi connectivity index (χ2v) is 3.95. The smallest absolute Gasteiger partial charge is 0.260 e. The zero-order valence-electron chi connectivity index (χ0n) is 11.1. The highest BCUT2D eigenvalue weighted by molar-refractivity contribution is 5.77. The molecule has 4 heteroatoms. The van der Waals surface area contributed by atoms with Crippen LogP contribution in [-0.4, -0.2) is 42.2 Å². The molecule has 0 fully saturated rings. The Kier molecular flexibility index (Phi) is 6.22. The molecule has 4 nitrogen and oxygen atoms in total. The van der Waals surface area contributed by atoms with Gasteiger partial charge in [0.25, 0.3) is 5.91 Å². The van der Waals surface area contributed by atoms with Crippen LogP contribution in [0.3, 0.4) is 0 Å². The summed E-state index contributed by atoms with van der Waals surface area (Å²) in [6.45, 7) is 4.87. The second-order valence-electron chi connectivity index (χ2n) is 3.95. The van der Waals surface area contributed by atoms with Gasteiger partial charge in [0.1, 0.15) is 5.75 Å². The molecule has 0 saturated carbocycles. The van der Waals surface area contributed by atoms with E-state index in [1.54, 1.807) is 4.90 Å². The minimum absolute atomic E-state index is 0.0187. The van der Waals surface area contributed by atoms with Crippen molar-refractivity contribution in [3.05, 3.63) is 29.8 Å². The van der Waals surface area contributed by atoms with Gasteiger partial charge in [-0.2, -0.15) is 0 Å². The summed E-state index contributed by atoms with van der Waals surface area (Å²) in [4.78, 5) is 13.4. The fourth-order valence-corrected chi connectivity index (χ4v) is 1.75. The first-order valence-corrected chi connectivity index (χ1v) is 6.32. The van der Waals surface area contributed by atoms with Crippen LogP contribution in [0.15, 0.2) is 24.3 Å². The van der Waals surface area contributed by atoms with E-state index in [2.05, 4.69) is 0 Å². The molecule has 1 aromatic rings. The van der Waals surface area contributed by atoms with Crippen molar-refractivity contribution < 1.29 is 14.6 Å². The predicted molar refractivity (Wildman–Crippen MR) is 70.7 cm³/mol. The zero-order chi connectivity index (χ0) is 13.4. The highest BCUT2D eigenvalue weighted by atomic mass is 16.5. The Hall–Kier alpha value is -1.55. The topological polar surface area (TPSA) is 49.8 Å². The number of nitrogens with zero attached hydrogens (tertiary/aromatic N) is 1. The number of rotatable bonds is 7. The van der Waals surface area contributed by atoms with E-state index in [-0.39, 0.29) is 19.1 Å². The van der Waals surface area contributed by atoms with Gasteiger partial charge in [-0.05, 0) is 25.0 Å². The molecule has 0 aliphatic carbocycles. The number of para-hydroxylation sites is 1.